The Morgan fingerprint density at radius 1 is 0.198 bits per heavy atom. The maximum absolute atomic E-state index is 11.8. The smallest absolute Gasteiger partial charge is 0.138 e. The van der Waals surface area contributed by atoms with E-state index < -0.39 is 0 Å². The molecular formula is C117H228O9. The van der Waals surface area contributed by atoms with Gasteiger partial charge in [0, 0.05) is 108 Å². The summed E-state index contributed by atoms with van der Waals surface area (Å²) in [5.74, 6) is 15.3. The zero-order valence-electron chi connectivity index (χ0n) is 93.0. The van der Waals surface area contributed by atoms with E-state index in [2.05, 4.69) is 111 Å². The van der Waals surface area contributed by atoms with Gasteiger partial charge in [0.15, 0.2) is 0 Å². The summed E-state index contributed by atoms with van der Waals surface area (Å²) in [5.41, 5.74) is -1.19. The highest BCUT2D eigenvalue weighted by molar-refractivity contribution is 5.86. The van der Waals surface area contributed by atoms with Gasteiger partial charge < -0.3 is 4.74 Å². The first-order chi connectivity index (χ1) is 57.6. The molecule has 3 rings (SSSR count). The summed E-state index contributed by atoms with van der Waals surface area (Å²) in [4.78, 5) is 93.2. The summed E-state index contributed by atoms with van der Waals surface area (Å²) in [6, 6.07) is 0. The first-order valence-corrected chi connectivity index (χ1v) is 53.4. The molecule has 3 saturated carbocycles. The zero-order chi connectivity index (χ0) is 98.6. The highest BCUT2D eigenvalue weighted by Crippen LogP contribution is 2.39. The third-order valence-corrected chi connectivity index (χ3v) is 26.8. The second kappa shape index (κ2) is 70.9. The van der Waals surface area contributed by atoms with Crippen LogP contribution in [-0.2, 0) is 43.1 Å². The topological polar surface area (TPSA) is 146 Å². The molecule has 0 unspecified atom stereocenters. The monoisotopic (exact) mass is 1780 g/mol. The Morgan fingerprint density at radius 2 is 0.373 bits per heavy atom. The molecule has 0 spiro atoms. The maximum Gasteiger partial charge on any atom is 0.138 e. The number of hydrogen-bond acceptors (Lipinski definition) is 9. The third-order valence-electron chi connectivity index (χ3n) is 26.8. The Morgan fingerprint density at radius 3 is 0.619 bits per heavy atom. The molecule has 9 nitrogen and oxygen atoms in total. The fraction of sp³-hybridized carbons (Fsp3) is 0.932. The van der Waals surface area contributed by atoms with Crippen molar-refractivity contribution < 1.29 is 43.1 Å². The molecule has 0 aromatic heterocycles. The van der Waals surface area contributed by atoms with Crippen LogP contribution in [0.15, 0.2) is 0 Å². The van der Waals surface area contributed by atoms with Gasteiger partial charge in [-0.05, 0) is 179 Å². The molecule has 0 bridgehead atoms. The maximum atomic E-state index is 11.8. The second-order valence-corrected chi connectivity index (χ2v) is 51.4. The zero-order valence-corrected chi connectivity index (χ0v) is 93.0. The van der Waals surface area contributed by atoms with Gasteiger partial charge in [-0.15, -0.1) is 0 Å². The van der Waals surface area contributed by atoms with Gasteiger partial charge in [0.25, 0.3) is 0 Å². The van der Waals surface area contributed by atoms with Crippen molar-refractivity contribution in [3.05, 3.63) is 0 Å². The molecule has 750 valence electrons. The molecule has 0 heterocycles. The predicted molar refractivity (Wildman–Crippen MR) is 554 cm³/mol. The molecule has 126 heavy (non-hydrogen) atoms. The molecule has 0 N–H and O–H groups in total. The van der Waals surface area contributed by atoms with E-state index in [1.54, 1.807) is 0 Å². The third kappa shape index (κ3) is 80.9. The van der Waals surface area contributed by atoms with Crippen LogP contribution in [0.2, 0.25) is 0 Å². The first kappa shape index (κ1) is 132. The van der Waals surface area contributed by atoms with Crippen LogP contribution in [0.1, 0.15) is 566 Å². The van der Waals surface area contributed by atoms with Gasteiger partial charge in [-0.3, -0.25) is 38.4 Å². The quantitative estimate of drug-likeness (QED) is 0.0544. The van der Waals surface area contributed by atoms with Crippen LogP contribution < -0.4 is 0 Å². The van der Waals surface area contributed by atoms with Crippen molar-refractivity contribution in [3.63, 3.8) is 0 Å². The molecule has 0 aromatic carbocycles. The minimum absolute atomic E-state index is 0.141. The Labute approximate surface area is 790 Å². The number of carbonyl (C=O) groups excluding carboxylic acids is 8. The van der Waals surface area contributed by atoms with Gasteiger partial charge in [0.05, 0.1) is 0 Å². The Hall–Kier alpha value is -2.68. The first-order valence-electron chi connectivity index (χ1n) is 53.4. The highest BCUT2D eigenvalue weighted by Gasteiger charge is 2.30. The summed E-state index contributed by atoms with van der Waals surface area (Å²) >= 11 is 0. The Bertz CT molecular complexity index is 2660. The normalized spacial score (nSPS) is 17.8. The second-order valence-electron chi connectivity index (χ2n) is 51.4. The molecule has 0 aromatic rings. The molecule has 3 aliphatic rings. The van der Waals surface area contributed by atoms with Crippen LogP contribution in [0.4, 0.5) is 0 Å². The van der Waals surface area contributed by atoms with E-state index in [0.29, 0.717) is 65.2 Å². The van der Waals surface area contributed by atoms with E-state index in [1.807, 2.05) is 166 Å². The van der Waals surface area contributed by atoms with Gasteiger partial charge in [-0.25, -0.2) is 0 Å². The van der Waals surface area contributed by atoms with E-state index in [9.17, 15) is 38.4 Å². The number of Topliss-reactive ketones (excluding diaryl/α,β-unsaturated/α-hetero) is 8. The van der Waals surface area contributed by atoms with Gasteiger partial charge >= 0.3 is 0 Å². The van der Waals surface area contributed by atoms with Gasteiger partial charge in [-0.2, -0.15) is 0 Å². The highest BCUT2D eigenvalue weighted by atomic mass is 16.5. The van der Waals surface area contributed by atoms with E-state index in [0.717, 1.165) is 186 Å². The lowest BCUT2D eigenvalue weighted by Gasteiger charge is -2.31. The van der Waals surface area contributed by atoms with Crippen LogP contribution in [-0.4, -0.2) is 59.5 Å². The SMILES string of the molecule is CC(C)C1CCC(CCCC(=O)C(C)(C)C)CC1.CC(C)C1CCC(CCCCC(=O)C(C)(C)C)CC1.CC(C)C1CCC(CCCCCC(=O)C(C)(C)C)CC1.CC(C)CCCC(=O)C(C)(C)C.CC(C)CCCCC(=O)C(C)(C)C.CC(C)CCCCCC(=O)C(C)(C)C.CC(C)CCCCCCC(=O)C(C)(C)C.CC(C)CCOCCCC(=O)C(C)(C)C. The fourth-order valence-corrected chi connectivity index (χ4v) is 16.1. The molecule has 9 heteroatoms. The largest absolute Gasteiger partial charge is 0.381 e. The molecule has 0 amide bonds. The van der Waals surface area contributed by atoms with Crippen LogP contribution in [0, 0.1) is 126 Å². The number of ether oxygens (including phenoxy) is 1. The molecular weight excluding hydrogens is 1550 g/mol. The van der Waals surface area contributed by atoms with Crippen LogP contribution >= 0.6 is 0 Å². The summed E-state index contributed by atoms with van der Waals surface area (Å²) in [7, 11) is 0. The van der Waals surface area contributed by atoms with Crippen molar-refractivity contribution in [1.29, 1.82) is 0 Å². The standard InChI is InChI=1S/C19H36O.C18H34O.C17H32O.C14H28O.C13H26O2.C13H26O.C12H24O.C11H22O/c1-15(2)17-13-11-16(12-14-17)9-7-6-8-10-18(20)19(3,4)5;1-14(2)16-12-10-15(11-13-16)8-6-7-9-17(19)18(3,4)5;1-13(2)15-11-9-14(10-12-15)7-6-8-16(18)17(3,4)5;1-12(2)10-8-6-7-9-11-13(15)14(3,4)5;1-11(2)8-10-15-9-6-7-12(14)13(3,4)5;1-11(2)9-7-6-8-10-12(14)13(3,4)5;1-10(2)8-6-7-9-11(13)12(3,4)5;1-9(2)7-6-8-10(12)11(3,4)5/h15-17H,6-14H2,1-5H3;14-16H,6-13H2,1-5H3;13-15H,6-12H2,1-5H3;12H,6-11H2,1-5H3;11H,6-10H2,1-5H3;11H,6-10H2,1-5H3;10H,6-9H2,1-5H3;9H,6-8H2,1-5H3. The van der Waals surface area contributed by atoms with Crippen molar-refractivity contribution in [2.24, 2.45) is 126 Å². The average molecular weight is 1780 g/mol. The Balaban J connectivity index is -0.000000445. The summed E-state index contributed by atoms with van der Waals surface area (Å²) in [6.45, 7) is 86.2. The van der Waals surface area contributed by atoms with Crippen molar-refractivity contribution in [2.75, 3.05) is 13.2 Å². The van der Waals surface area contributed by atoms with Crippen LogP contribution in [0.25, 0.3) is 0 Å². The lowest BCUT2D eigenvalue weighted by molar-refractivity contribution is -0.127. The molecule has 3 fully saturated rings. The number of hydrogen-bond donors (Lipinski definition) is 0. The summed E-state index contributed by atoms with van der Waals surface area (Å²) in [5, 5.41) is 0. The molecule has 0 radical (unpaired) electrons. The van der Waals surface area contributed by atoms with Crippen molar-refractivity contribution in [3.8, 4) is 0 Å². The molecule has 0 aliphatic heterocycles. The summed E-state index contributed by atoms with van der Waals surface area (Å²) in [6.07, 6.45) is 53.1. The minimum Gasteiger partial charge on any atom is -0.381 e. The molecule has 0 saturated heterocycles. The Kier molecular flexibility index (Phi) is 74.2. The average Bonchev–Trinajstić information content (AvgIpc) is 0.898. The lowest BCUT2D eigenvalue weighted by Crippen LogP contribution is -2.21. The lowest BCUT2D eigenvalue weighted by atomic mass is 9.75. The van der Waals surface area contributed by atoms with E-state index >= 15 is 0 Å². The number of rotatable bonds is 47. The van der Waals surface area contributed by atoms with Crippen molar-refractivity contribution in [2.45, 2.75) is 566 Å². The minimum atomic E-state index is -0.196. The predicted octanol–water partition coefficient (Wildman–Crippen LogP) is 36.4. The van der Waals surface area contributed by atoms with Gasteiger partial charge in [0.2, 0.25) is 0 Å². The van der Waals surface area contributed by atoms with E-state index in [-0.39, 0.29) is 43.3 Å². The van der Waals surface area contributed by atoms with E-state index in [1.165, 1.54) is 180 Å². The van der Waals surface area contributed by atoms with Crippen LogP contribution in [0.3, 0.4) is 0 Å². The van der Waals surface area contributed by atoms with E-state index in [4.69, 9.17) is 4.74 Å². The number of ketones is 8. The van der Waals surface area contributed by atoms with Crippen molar-refractivity contribution in [1.82, 2.24) is 0 Å². The molecule has 0 atom stereocenters. The van der Waals surface area contributed by atoms with Crippen molar-refractivity contribution >= 4 is 46.3 Å². The van der Waals surface area contributed by atoms with Crippen LogP contribution in [0.5, 0.6) is 0 Å². The fourth-order valence-electron chi connectivity index (χ4n) is 16.1. The molecule has 3 aliphatic carbocycles. The number of carbonyl (C=O) groups is 8. The number of unbranched alkanes of at least 4 members (excludes halogenated alkanes) is 9. The summed E-state index contributed by atoms with van der Waals surface area (Å²) < 4.78 is 5.46. The van der Waals surface area contributed by atoms with Gasteiger partial charge in [0.1, 0.15) is 46.3 Å². The van der Waals surface area contributed by atoms with Gasteiger partial charge in [-0.1, -0.05) is 418 Å².